The molecule has 0 saturated carbocycles. The summed E-state index contributed by atoms with van der Waals surface area (Å²) in [5, 5.41) is 3.61. The average Bonchev–Trinajstić information content (AvgIpc) is 3.20. The molecule has 31 heavy (non-hydrogen) atoms. The van der Waals surface area contributed by atoms with Crippen LogP contribution in [0.1, 0.15) is 27.2 Å². The summed E-state index contributed by atoms with van der Waals surface area (Å²) < 4.78 is 78.0. The molecule has 0 aliphatic rings. The summed E-state index contributed by atoms with van der Waals surface area (Å²) in [6.45, 7) is 0.0562. The second kappa shape index (κ2) is 9.18. The zero-order valence-electron chi connectivity index (χ0n) is 15.3. The van der Waals surface area contributed by atoms with Crippen molar-refractivity contribution in [1.82, 2.24) is 10.3 Å². The molecule has 3 aromatic rings. The van der Waals surface area contributed by atoms with E-state index in [1.165, 1.54) is 24.3 Å². The first-order valence-corrected chi connectivity index (χ1v) is 10.2. The number of hydrogen-bond donors (Lipinski definition) is 2. The van der Waals surface area contributed by atoms with Gasteiger partial charge in [0, 0.05) is 22.4 Å². The maximum Gasteiger partial charge on any atom is 0.434 e. The van der Waals surface area contributed by atoms with Crippen molar-refractivity contribution >= 4 is 34.3 Å². The van der Waals surface area contributed by atoms with Crippen molar-refractivity contribution in [2.75, 3.05) is 4.72 Å². The maximum atomic E-state index is 12.6. The van der Waals surface area contributed by atoms with E-state index in [1.54, 1.807) is 12.1 Å². The summed E-state index contributed by atoms with van der Waals surface area (Å²) in [4.78, 5) is 16.3. The normalized spacial score (nSPS) is 11.9. The number of nitrogens with one attached hydrogen (secondary N) is 2. The molecule has 0 saturated heterocycles. The average molecular weight is 477 g/mol. The van der Waals surface area contributed by atoms with Crippen LogP contribution in [0.2, 0.25) is 0 Å². The maximum absolute atomic E-state index is 12.6. The molecule has 0 fully saturated rings. The van der Waals surface area contributed by atoms with E-state index < -0.39 is 29.5 Å². The van der Waals surface area contributed by atoms with Gasteiger partial charge in [-0.3, -0.25) is 4.79 Å². The van der Waals surface area contributed by atoms with Gasteiger partial charge in [-0.1, -0.05) is 12.1 Å². The quantitative estimate of drug-likeness (QED) is 0.327. The molecule has 0 bridgehead atoms. The lowest BCUT2D eigenvalue weighted by Crippen LogP contribution is -2.22. The lowest BCUT2D eigenvalue weighted by Gasteiger charge is -2.09. The Morgan fingerprint density at radius 1 is 0.935 bits per heavy atom. The van der Waals surface area contributed by atoms with Crippen LogP contribution in [0.4, 0.5) is 31.5 Å². The second-order valence-electron chi connectivity index (χ2n) is 6.14. The van der Waals surface area contributed by atoms with Gasteiger partial charge in [0.15, 0.2) is 10.8 Å². The van der Waals surface area contributed by atoms with E-state index in [0.29, 0.717) is 16.0 Å². The number of nitrogens with zero attached hydrogens (tertiary/aromatic N) is 1. The van der Waals surface area contributed by atoms with Crippen molar-refractivity contribution in [1.29, 1.82) is 0 Å². The predicted molar refractivity (Wildman–Crippen MR) is 106 cm³/mol. The SMILES string of the molecule is O=C(NCc1ccc(C(F)(F)F)cc1)c1ccc(SNc2nc(C(F)(F)F)cs2)cc1. The van der Waals surface area contributed by atoms with E-state index >= 15 is 0 Å². The van der Waals surface area contributed by atoms with Gasteiger partial charge in [-0.2, -0.15) is 26.3 Å². The Morgan fingerprint density at radius 3 is 2.13 bits per heavy atom. The van der Waals surface area contributed by atoms with Crippen LogP contribution in [0.3, 0.4) is 0 Å². The molecule has 0 atom stereocenters. The molecule has 3 rings (SSSR count). The van der Waals surface area contributed by atoms with Crippen LogP contribution in [0, 0.1) is 0 Å². The zero-order chi connectivity index (χ0) is 22.6. The molecule has 1 amide bonds. The highest BCUT2D eigenvalue weighted by molar-refractivity contribution is 8.00. The Kier molecular flexibility index (Phi) is 6.80. The third-order valence-electron chi connectivity index (χ3n) is 3.90. The lowest BCUT2D eigenvalue weighted by atomic mass is 10.1. The number of aromatic nitrogens is 1. The molecule has 1 heterocycles. The number of benzene rings is 2. The number of amides is 1. The lowest BCUT2D eigenvalue weighted by molar-refractivity contribution is -0.140. The van der Waals surface area contributed by atoms with E-state index in [9.17, 15) is 31.1 Å². The number of alkyl halides is 6. The third kappa shape index (κ3) is 6.37. The van der Waals surface area contributed by atoms with E-state index in [0.717, 1.165) is 40.8 Å². The molecule has 0 spiro atoms. The summed E-state index contributed by atoms with van der Waals surface area (Å²) in [6.07, 6.45) is -8.92. The highest BCUT2D eigenvalue weighted by atomic mass is 32.2. The van der Waals surface area contributed by atoms with Crippen molar-refractivity contribution < 1.29 is 31.1 Å². The molecule has 0 unspecified atom stereocenters. The Hall–Kier alpha value is -2.73. The van der Waals surface area contributed by atoms with Crippen molar-refractivity contribution in [2.24, 2.45) is 0 Å². The summed E-state index contributed by atoms with van der Waals surface area (Å²) >= 11 is 1.86. The van der Waals surface area contributed by atoms with Crippen molar-refractivity contribution in [2.45, 2.75) is 23.8 Å². The van der Waals surface area contributed by atoms with Crippen molar-refractivity contribution in [3.8, 4) is 0 Å². The minimum Gasteiger partial charge on any atom is -0.348 e. The van der Waals surface area contributed by atoms with Gasteiger partial charge in [-0.25, -0.2) is 4.98 Å². The van der Waals surface area contributed by atoms with Crippen LogP contribution >= 0.6 is 23.3 Å². The molecular weight excluding hydrogens is 464 g/mol. The fourth-order valence-electron chi connectivity index (χ4n) is 2.32. The fraction of sp³-hybridized carbons (Fsp3) is 0.158. The van der Waals surface area contributed by atoms with E-state index in [-0.39, 0.29) is 11.7 Å². The molecular formula is C19H13F6N3OS2. The number of rotatable bonds is 6. The molecule has 2 N–H and O–H groups in total. The first-order chi connectivity index (χ1) is 14.5. The fourth-order valence-corrected chi connectivity index (χ4v) is 3.72. The van der Waals surface area contributed by atoms with Gasteiger partial charge in [0.1, 0.15) is 0 Å². The molecule has 0 aliphatic carbocycles. The molecule has 2 aromatic carbocycles. The second-order valence-corrected chi connectivity index (χ2v) is 7.88. The van der Waals surface area contributed by atoms with Crippen molar-refractivity contribution in [3.63, 3.8) is 0 Å². The van der Waals surface area contributed by atoms with Crippen molar-refractivity contribution in [3.05, 3.63) is 76.3 Å². The molecule has 12 heteroatoms. The summed E-state index contributed by atoms with van der Waals surface area (Å²) in [5.74, 6) is -0.417. The number of carbonyl (C=O) groups is 1. The molecule has 4 nitrogen and oxygen atoms in total. The highest BCUT2D eigenvalue weighted by Crippen LogP contribution is 2.33. The van der Waals surface area contributed by atoms with E-state index in [1.807, 2.05) is 0 Å². The van der Waals surface area contributed by atoms with Gasteiger partial charge >= 0.3 is 12.4 Å². The standard InChI is InChI=1S/C19H13F6N3OS2/c20-18(21,22)13-5-1-11(2-6-13)9-26-16(29)12-3-7-14(8-4-12)31-28-17-27-15(10-30-17)19(23,24)25/h1-8,10H,9H2,(H,26,29)(H,27,28). The van der Waals surface area contributed by atoms with Gasteiger partial charge in [0.25, 0.3) is 5.91 Å². The van der Waals surface area contributed by atoms with Gasteiger partial charge in [0.2, 0.25) is 0 Å². The van der Waals surface area contributed by atoms with E-state index in [4.69, 9.17) is 0 Å². The molecule has 0 radical (unpaired) electrons. The largest absolute Gasteiger partial charge is 0.434 e. The Labute approximate surface area is 180 Å². The minimum atomic E-state index is -4.50. The smallest absolute Gasteiger partial charge is 0.348 e. The first kappa shape index (κ1) is 22.9. The molecule has 1 aromatic heterocycles. The Bertz CT molecular complexity index is 1030. The van der Waals surface area contributed by atoms with Crippen LogP contribution < -0.4 is 10.0 Å². The first-order valence-electron chi connectivity index (χ1n) is 8.52. The van der Waals surface area contributed by atoms with Crippen LogP contribution in [0.15, 0.2) is 58.8 Å². The Morgan fingerprint density at radius 2 is 1.58 bits per heavy atom. The third-order valence-corrected chi connectivity index (χ3v) is 5.59. The van der Waals surface area contributed by atoms with Crippen LogP contribution in [-0.2, 0) is 18.9 Å². The van der Waals surface area contributed by atoms with Gasteiger partial charge in [-0.05, 0) is 53.9 Å². The van der Waals surface area contributed by atoms with Crippen LogP contribution in [-0.4, -0.2) is 10.9 Å². The summed E-state index contributed by atoms with van der Waals surface area (Å²) in [7, 11) is 0. The molecule has 164 valence electrons. The van der Waals surface area contributed by atoms with Crippen LogP contribution in [0.25, 0.3) is 0 Å². The van der Waals surface area contributed by atoms with Crippen LogP contribution in [0.5, 0.6) is 0 Å². The van der Waals surface area contributed by atoms with Gasteiger partial charge in [-0.15, -0.1) is 11.3 Å². The van der Waals surface area contributed by atoms with Gasteiger partial charge in [0.05, 0.1) is 5.56 Å². The monoisotopic (exact) mass is 477 g/mol. The summed E-state index contributed by atoms with van der Waals surface area (Å²) in [6, 6.07) is 10.7. The predicted octanol–water partition coefficient (Wildman–Crippen LogP) is 6.23. The number of thiazole rings is 1. The van der Waals surface area contributed by atoms with E-state index in [2.05, 4.69) is 15.0 Å². The molecule has 0 aliphatic heterocycles. The topological polar surface area (TPSA) is 54.0 Å². The minimum absolute atomic E-state index is 0.0562. The number of anilines is 1. The number of halogens is 6. The van der Waals surface area contributed by atoms with Gasteiger partial charge < -0.3 is 10.0 Å². The Balaban J connectivity index is 1.51. The summed E-state index contributed by atoms with van der Waals surface area (Å²) in [5.41, 5.74) is -0.901. The number of carbonyl (C=O) groups excluding carboxylic acids is 1. The number of hydrogen-bond acceptors (Lipinski definition) is 5. The highest BCUT2D eigenvalue weighted by Gasteiger charge is 2.33. The zero-order valence-corrected chi connectivity index (χ0v) is 17.0.